The van der Waals surface area contributed by atoms with E-state index >= 15 is 0 Å². The van der Waals surface area contributed by atoms with Gasteiger partial charge in [-0.3, -0.25) is 0 Å². The van der Waals surface area contributed by atoms with Gasteiger partial charge in [0.05, 0.1) is 24.2 Å². The molecule has 0 spiro atoms. The van der Waals surface area contributed by atoms with Crippen molar-refractivity contribution in [2.75, 3.05) is 0 Å². The van der Waals surface area contributed by atoms with Crippen LogP contribution < -0.4 is 15.6 Å². The summed E-state index contributed by atoms with van der Waals surface area (Å²) < 4.78 is 4.64. The molecule has 8 aromatic heterocycles. The molecule has 0 aliphatic heterocycles. The summed E-state index contributed by atoms with van der Waals surface area (Å²) in [5.41, 5.74) is 31.4. The SMILES string of the molecule is Cc1cc(-c2[c-]cc3c(c2)c2ccccc2n3-c2ccccc2)ncc1-c1ccc([Si](C)(C)C)cc1.Cc1cc(-c2ccc(-c3[c-]cccc3)nc2)ccc1[Si](C)(C)C.Cc1cc([Si](C)(C)C)ccc1-c1cnc(-c2[c-]cc3c(c2)c2ccccc2n3-c2ccccc2)cc1C.[Ir].[Ir].[Ir].[c-]1ccccc1-c1ccccn1.[c-]1ccccc1-c1ccccn1.[c-]1ccccc1-c1ccccn1. The van der Waals surface area contributed by atoms with Crippen LogP contribution in [-0.2, 0) is 60.3 Å². The van der Waals surface area contributed by atoms with Crippen LogP contribution in [0.2, 0.25) is 58.9 Å². The number of rotatable bonds is 14. The number of nitrogens with zero attached hydrogens (tertiary/aromatic N) is 8. The Morgan fingerprint density at radius 1 is 0.230 bits per heavy atom. The fraction of sp³-hybridized carbons (Fsp3) is 0.107. The Balaban J connectivity index is 0.000000145. The number of aromatic nitrogens is 8. The average molecular weight is 2330 g/mol. The van der Waals surface area contributed by atoms with E-state index in [0.717, 1.165) is 95.5 Å². The molecular formula is C121H106Ir3N8Si3-6. The van der Waals surface area contributed by atoms with Crippen LogP contribution in [0.5, 0.6) is 0 Å². The van der Waals surface area contributed by atoms with Gasteiger partial charge in [0.2, 0.25) is 0 Å². The quantitative estimate of drug-likeness (QED) is 0.0796. The predicted octanol–water partition coefficient (Wildman–Crippen LogP) is 29.3. The van der Waals surface area contributed by atoms with Crippen LogP contribution in [0, 0.1) is 64.1 Å². The molecule has 0 aliphatic rings. The molecule has 0 amide bonds. The van der Waals surface area contributed by atoms with E-state index in [1.165, 1.54) is 98.2 Å². The van der Waals surface area contributed by atoms with Gasteiger partial charge in [-0.05, 0) is 177 Å². The van der Waals surface area contributed by atoms with E-state index in [9.17, 15) is 0 Å². The van der Waals surface area contributed by atoms with Crippen molar-refractivity contribution in [2.45, 2.75) is 86.6 Å². The zero-order chi connectivity index (χ0) is 91.7. The maximum Gasteiger partial charge on any atom is 0.0779 e. The number of fused-ring (bicyclic) bond motifs is 6. The van der Waals surface area contributed by atoms with Gasteiger partial charge >= 0.3 is 0 Å². The molecule has 3 radical (unpaired) electrons. The Bertz CT molecular complexity index is 7140. The first-order valence-electron chi connectivity index (χ1n) is 44.9. The Kier molecular flexibility index (Phi) is 33.7. The van der Waals surface area contributed by atoms with Gasteiger partial charge in [0.1, 0.15) is 0 Å². The van der Waals surface area contributed by atoms with Gasteiger partial charge in [0.15, 0.2) is 0 Å². The molecule has 14 heteroatoms. The van der Waals surface area contributed by atoms with Crippen molar-refractivity contribution < 1.29 is 60.3 Å². The minimum absolute atomic E-state index is 0. The largest absolute Gasteiger partial charge is 0.351 e. The molecule has 0 atom stereocenters. The molecule has 13 aromatic carbocycles. The zero-order valence-electron chi connectivity index (χ0n) is 78.3. The number of pyridine rings is 6. The molecule has 675 valence electrons. The summed E-state index contributed by atoms with van der Waals surface area (Å²) >= 11 is 0. The van der Waals surface area contributed by atoms with Crippen molar-refractivity contribution in [1.82, 2.24) is 39.0 Å². The molecule has 0 bridgehead atoms. The second kappa shape index (κ2) is 45.8. The first-order chi connectivity index (χ1) is 64.1. The minimum Gasteiger partial charge on any atom is -0.351 e. The topological polar surface area (TPSA) is 87.2 Å². The van der Waals surface area contributed by atoms with E-state index in [1.54, 1.807) is 18.6 Å². The van der Waals surface area contributed by atoms with Crippen LogP contribution >= 0.6 is 0 Å². The fourth-order valence-corrected chi connectivity index (χ4v) is 20.8. The Labute approximate surface area is 840 Å². The monoisotopic (exact) mass is 2330 g/mol. The van der Waals surface area contributed by atoms with E-state index in [4.69, 9.17) is 9.97 Å². The molecule has 8 heterocycles. The molecule has 0 saturated heterocycles. The summed E-state index contributed by atoms with van der Waals surface area (Å²) in [5.74, 6) is 0. The molecule has 0 unspecified atom stereocenters. The van der Waals surface area contributed by atoms with Crippen molar-refractivity contribution >= 4 is 83.4 Å². The number of para-hydroxylation sites is 4. The van der Waals surface area contributed by atoms with E-state index in [0.29, 0.717) is 0 Å². The molecule has 21 rings (SSSR count). The standard InChI is InChI=1S/C34H31N2Si.C33H29N2Si.C21H22NSi.3C11H8N.3Ir/c1-23-19-27(37(3,4)5)16-17-28(23)31-22-35-32(20-24(31)2)25-15-18-34-30(21-25)29-13-9-10-14-33(29)36(34)26-11-7-6-8-12-26;1-23-20-31(34-22-30(23)24-14-17-27(18-15-24)36(2,3)4)25-16-19-33-29(21-25)28-12-8-9-13-32(28)35(33)26-10-6-5-7-11-26;1-16-14-18(11-13-21(16)23(2,3)4)19-10-12-20(22-15-19)17-8-6-5-7-9-17;3*1-2-6-10(7-3-1)11-8-4-5-9-12-11;;;/h6-14,16-22H,1-5H3;5-15,17-22H,1-4H3;5-8,10-15H,1-4H3;3*1-6,8-9H;;;/q6*-1;;;. The summed E-state index contributed by atoms with van der Waals surface area (Å²) in [7, 11) is -3.92. The molecule has 135 heavy (non-hydrogen) atoms. The molecule has 0 fully saturated rings. The van der Waals surface area contributed by atoms with Crippen molar-refractivity contribution in [3.63, 3.8) is 0 Å². The maximum atomic E-state index is 4.92. The van der Waals surface area contributed by atoms with Gasteiger partial charge in [-0.2, -0.15) is 0 Å². The Hall–Kier alpha value is -13.0. The van der Waals surface area contributed by atoms with Crippen LogP contribution in [0.15, 0.2) is 407 Å². The first kappa shape index (κ1) is 99.4. The third-order valence-corrected chi connectivity index (χ3v) is 29.8. The predicted molar refractivity (Wildman–Crippen MR) is 564 cm³/mol. The van der Waals surface area contributed by atoms with E-state index < -0.39 is 24.2 Å². The van der Waals surface area contributed by atoms with Gasteiger partial charge in [-0.1, -0.05) is 285 Å². The summed E-state index contributed by atoms with van der Waals surface area (Å²) in [4.78, 5) is 27.1. The smallest absolute Gasteiger partial charge is 0.0779 e. The fourth-order valence-electron chi connectivity index (χ4n) is 16.6. The van der Waals surface area contributed by atoms with Gasteiger partial charge in [0, 0.05) is 131 Å². The van der Waals surface area contributed by atoms with Crippen molar-refractivity contribution in [2.24, 2.45) is 0 Å². The van der Waals surface area contributed by atoms with Crippen LogP contribution in [-0.4, -0.2) is 63.3 Å². The normalized spacial score (nSPS) is 11.0. The number of hydrogen-bond donors (Lipinski definition) is 0. The third-order valence-electron chi connectivity index (χ3n) is 23.5. The van der Waals surface area contributed by atoms with E-state index in [-0.39, 0.29) is 60.3 Å². The third kappa shape index (κ3) is 24.4. The van der Waals surface area contributed by atoms with E-state index in [2.05, 4.69) is 370 Å². The zero-order valence-corrected chi connectivity index (χ0v) is 88.4. The second-order valence-electron chi connectivity index (χ2n) is 36.0. The molecular weight excluding hydrogens is 2230 g/mol. The Morgan fingerprint density at radius 3 is 0.970 bits per heavy atom. The second-order valence-corrected chi connectivity index (χ2v) is 51.2. The summed E-state index contributed by atoms with van der Waals surface area (Å²) in [6.07, 6.45) is 11.4. The molecule has 0 aliphatic carbocycles. The van der Waals surface area contributed by atoms with Crippen LogP contribution in [0.3, 0.4) is 0 Å². The van der Waals surface area contributed by atoms with Crippen LogP contribution in [0.4, 0.5) is 0 Å². The van der Waals surface area contributed by atoms with Crippen LogP contribution in [0.1, 0.15) is 22.3 Å². The average Bonchev–Trinajstić information content (AvgIpc) is 1.60. The molecule has 21 aromatic rings. The maximum absolute atomic E-state index is 4.92. The number of hydrogen-bond acceptors (Lipinski definition) is 6. The minimum atomic E-state index is -1.34. The molecule has 8 nitrogen and oxygen atoms in total. The van der Waals surface area contributed by atoms with E-state index in [1.807, 2.05) is 170 Å². The summed E-state index contributed by atoms with van der Waals surface area (Å²) in [6, 6.07) is 147. The van der Waals surface area contributed by atoms with Crippen molar-refractivity contribution in [1.29, 1.82) is 0 Å². The summed E-state index contributed by atoms with van der Waals surface area (Å²) in [5, 5.41) is 9.41. The number of aryl methyl sites for hydroxylation is 4. The van der Waals surface area contributed by atoms with Gasteiger partial charge in [-0.15, -0.1) is 191 Å². The van der Waals surface area contributed by atoms with Crippen molar-refractivity contribution in [3.8, 4) is 112 Å². The summed E-state index contributed by atoms with van der Waals surface area (Å²) in [6.45, 7) is 30.3. The van der Waals surface area contributed by atoms with Gasteiger partial charge in [0.25, 0.3) is 0 Å². The van der Waals surface area contributed by atoms with Crippen LogP contribution in [0.25, 0.3) is 156 Å². The molecule has 0 N–H and O–H groups in total. The number of benzene rings is 13. The first-order valence-corrected chi connectivity index (χ1v) is 55.4. The Morgan fingerprint density at radius 2 is 0.600 bits per heavy atom. The molecule has 0 saturated carbocycles. The van der Waals surface area contributed by atoms with Gasteiger partial charge < -0.3 is 39.0 Å². The van der Waals surface area contributed by atoms with Gasteiger partial charge in [-0.25, -0.2) is 0 Å². The van der Waals surface area contributed by atoms with Crippen molar-refractivity contribution in [3.05, 3.63) is 466 Å².